The van der Waals surface area contributed by atoms with E-state index in [4.69, 9.17) is 0 Å². The molecular weight excluding hydrogens is 428 g/mol. The largest absolute Gasteiger partial charge is 0.338 e. The van der Waals surface area contributed by atoms with Crippen molar-refractivity contribution in [1.82, 2.24) is 14.2 Å². The summed E-state index contributed by atoms with van der Waals surface area (Å²) in [7, 11) is -2.49. The Labute approximate surface area is 189 Å². The molecule has 32 heavy (non-hydrogen) atoms. The van der Waals surface area contributed by atoms with E-state index in [0.717, 1.165) is 29.4 Å². The van der Waals surface area contributed by atoms with E-state index in [9.17, 15) is 18.0 Å². The van der Waals surface area contributed by atoms with E-state index >= 15 is 0 Å². The summed E-state index contributed by atoms with van der Waals surface area (Å²) < 4.78 is 26.2. The lowest BCUT2D eigenvalue weighted by Crippen LogP contribution is -2.42. The van der Waals surface area contributed by atoms with E-state index in [-0.39, 0.29) is 17.3 Å². The molecule has 1 saturated heterocycles. The molecule has 0 bridgehead atoms. The third-order valence-electron chi connectivity index (χ3n) is 5.62. The Bertz CT molecular complexity index is 1080. The zero-order chi connectivity index (χ0) is 23.5. The number of aromatic nitrogens is 1. The summed E-state index contributed by atoms with van der Waals surface area (Å²) >= 11 is 0. The average Bonchev–Trinajstić information content (AvgIpc) is 2.74. The van der Waals surface area contributed by atoms with E-state index in [1.807, 2.05) is 11.8 Å². The van der Waals surface area contributed by atoms with E-state index in [1.54, 1.807) is 18.2 Å². The smallest absolute Gasteiger partial charge is 0.253 e. The normalized spacial score (nSPS) is 19.1. The van der Waals surface area contributed by atoms with Crippen molar-refractivity contribution in [2.75, 3.05) is 32.0 Å². The molecule has 0 aliphatic carbocycles. The number of benzene rings is 1. The van der Waals surface area contributed by atoms with Crippen molar-refractivity contribution in [2.24, 2.45) is 11.8 Å². The van der Waals surface area contributed by atoms with Crippen molar-refractivity contribution in [1.29, 1.82) is 0 Å². The first kappa shape index (κ1) is 23.9. The Kier molecular flexibility index (Phi) is 7.30. The number of piperidine rings is 1. The Morgan fingerprint density at radius 3 is 2.50 bits per heavy atom. The van der Waals surface area contributed by atoms with Gasteiger partial charge in [-0.05, 0) is 55.0 Å². The first-order valence-corrected chi connectivity index (χ1v) is 12.1. The van der Waals surface area contributed by atoms with E-state index in [0.29, 0.717) is 23.1 Å². The summed E-state index contributed by atoms with van der Waals surface area (Å²) in [4.78, 5) is 31.3. The van der Waals surface area contributed by atoms with Crippen LogP contribution in [-0.2, 0) is 14.8 Å². The SMILES string of the molecule is Cc1ccc(C(=O)N2CC(C)CC(C)C2)cc1NC(=O)CN(C)S(=O)(=O)c1cccnc1. The van der Waals surface area contributed by atoms with Crippen molar-refractivity contribution in [2.45, 2.75) is 32.1 Å². The second-order valence-corrected chi connectivity index (χ2v) is 10.7. The number of sulfonamides is 1. The highest BCUT2D eigenvalue weighted by molar-refractivity contribution is 7.89. The number of likely N-dealkylation sites (N-methyl/N-ethyl adjacent to an activating group) is 1. The Morgan fingerprint density at radius 1 is 1.19 bits per heavy atom. The quantitative estimate of drug-likeness (QED) is 0.718. The molecule has 2 amide bonds. The second kappa shape index (κ2) is 9.79. The standard InChI is InChI=1S/C23H30N4O4S/c1-16-10-17(2)14-27(13-16)23(29)19-8-7-18(3)21(11-19)25-22(28)15-26(4)32(30,31)20-6-5-9-24-12-20/h5-9,11-12,16-17H,10,13-15H2,1-4H3,(H,25,28). The van der Waals surface area contributed by atoms with Gasteiger partial charge < -0.3 is 10.2 Å². The van der Waals surface area contributed by atoms with Crippen LogP contribution in [0.25, 0.3) is 0 Å². The molecule has 1 aliphatic rings. The summed E-state index contributed by atoms with van der Waals surface area (Å²) in [6.45, 7) is 7.19. The van der Waals surface area contributed by atoms with Crippen molar-refractivity contribution in [3.63, 3.8) is 0 Å². The lowest BCUT2D eigenvalue weighted by atomic mass is 9.91. The van der Waals surface area contributed by atoms with Gasteiger partial charge in [0.15, 0.2) is 0 Å². The van der Waals surface area contributed by atoms with Gasteiger partial charge in [0.2, 0.25) is 15.9 Å². The minimum Gasteiger partial charge on any atom is -0.338 e. The van der Waals surface area contributed by atoms with E-state index in [2.05, 4.69) is 24.1 Å². The third-order valence-corrected chi connectivity index (χ3v) is 7.41. The summed E-state index contributed by atoms with van der Waals surface area (Å²) in [5.74, 6) is 0.345. The molecular formula is C23H30N4O4S. The first-order chi connectivity index (χ1) is 15.1. The number of pyridine rings is 1. The van der Waals surface area contributed by atoms with Gasteiger partial charge >= 0.3 is 0 Å². The van der Waals surface area contributed by atoms with Gasteiger partial charge in [-0.2, -0.15) is 4.31 Å². The predicted molar refractivity (Wildman–Crippen MR) is 123 cm³/mol. The maximum Gasteiger partial charge on any atom is 0.253 e. The highest BCUT2D eigenvalue weighted by atomic mass is 32.2. The molecule has 2 aromatic rings. The van der Waals surface area contributed by atoms with Crippen LogP contribution in [0.1, 0.15) is 36.2 Å². The van der Waals surface area contributed by atoms with Crippen molar-refractivity contribution < 1.29 is 18.0 Å². The number of likely N-dealkylation sites (tertiary alicyclic amines) is 1. The molecule has 0 spiro atoms. The molecule has 1 fully saturated rings. The molecule has 1 aromatic carbocycles. The van der Waals surface area contributed by atoms with Gasteiger partial charge in [0.05, 0.1) is 6.54 Å². The molecule has 1 aromatic heterocycles. The third kappa shape index (κ3) is 5.52. The van der Waals surface area contributed by atoms with E-state index in [1.165, 1.54) is 31.6 Å². The predicted octanol–water partition coefficient (Wildman–Crippen LogP) is 2.77. The maximum atomic E-state index is 13.0. The lowest BCUT2D eigenvalue weighted by Gasteiger charge is -2.35. The van der Waals surface area contributed by atoms with Gasteiger partial charge in [-0.25, -0.2) is 8.42 Å². The maximum absolute atomic E-state index is 13.0. The van der Waals surface area contributed by atoms with Gasteiger partial charge in [0.1, 0.15) is 4.90 Å². The fourth-order valence-corrected chi connectivity index (χ4v) is 5.15. The molecule has 172 valence electrons. The molecule has 3 rings (SSSR count). The fourth-order valence-electron chi connectivity index (χ4n) is 4.06. The minimum absolute atomic E-state index is 0.0177. The van der Waals surface area contributed by atoms with Crippen LogP contribution >= 0.6 is 0 Å². The number of carbonyl (C=O) groups is 2. The van der Waals surface area contributed by atoms with Crippen LogP contribution in [0.5, 0.6) is 0 Å². The fraction of sp³-hybridized carbons (Fsp3) is 0.435. The van der Waals surface area contributed by atoms with Crippen LogP contribution in [0.2, 0.25) is 0 Å². The van der Waals surface area contributed by atoms with Gasteiger partial charge in [-0.15, -0.1) is 0 Å². The van der Waals surface area contributed by atoms with Gasteiger partial charge in [0.25, 0.3) is 5.91 Å². The molecule has 1 N–H and O–H groups in total. The molecule has 0 saturated carbocycles. The summed E-state index contributed by atoms with van der Waals surface area (Å²) in [5.41, 5.74) is 1.78. The summed E-state index contributed by atoms with van der Waals surface area (Å²) in [5, 5.41) is 2.75. The molecule has 2 heterocycles. The van der Waals surface area contributed by atoms with Crippen molar-refractivity contribution in [3.8, 4) is 0 Å². The second-order valence-electron chi connectivity index (χ2n) is 8.68. The molecule has 8 nitrogen and oxygen atoms in total. The molecule has 1 aliphatic heterocycles. The highest BCUT2D eigenvalue weighted by Gasteiger charge is 2.27. The number of anilines is 1. The zero-order valence-electron chi connectivity index (χ0n) is 18.9. The van der Waals surface area contributed by atoms with Gasteiger partial charge in [0, 0.05) is 43.8 Å². The number of hydrogen-bond donors (Lipinski definition) is 1. The van der Waals surface area contributed by atoms with Crippen LogP contribution in [0.15, 0.2) is 47.6 Å². The summed E-state index contributed by atoms with van der Waals surface area (Å²) in [6, 6.07) is 8.16. The number of hydrogen-bond acceptors (Lipinski definition) is 5. The minimum atomic E-state index is -3.83. The van der Waals surface area contributed by atoms with Crippen LogP contribution in [0.3, 0.4) is 0 Å². The van der Waals surface area contributed by atoms with Crippen LogP contribution in [0, 0.1) is 18.8 Å². The number of nitrogens with zero attached hydrogens (tertiary/aromatic N) is 3. The zero-order valence-corrected chi connectivity index (χ0v) is 19.7. The number of amides is 2. The number of aryl methyl sites for hydroxylation is 1. The molecule has 2 unspecified atom stereocenters. The average molecular weight is 459 g/mol. The first-order valence-electron chi connectivity index (χ1n) is 10.6. The molecule has 9 heteroatoms. The Hall–Kier alpha value is -2.78. The number of rotatable bonds is 6. The Balaban J connectivity index is 1.70. The van der Waals surface area contributed by atoms with Crippen molar-refractivity contribution in [3.05, 3.63) is 53.9 Å². The lowest BCUT2D eigenvalue weighted by molar-refractivity contribution is -0.116. The van der Waals surface area contributed by atoms with E-state index < -0.39 is 15.9 Å². The monoisotopic (exact) mass is 458 g/mol. The van der Waals surface area contributed by atoms with Crippen LogP contribution in [0.4, 0.5) is 5.69 Å². The van der Waals surface area contributed by atoms with Gasteiger partial charge in [-0.1, -0.05) is 19.9 Å². The van der Waals surface area contributed by atoms with Crippen LogP contribution in [-0.4, -0.2) is 61.1 Å². The molecule has 0 radical (unpaired) electrons. The summed E-state index contributed by atoms with van der Waals surface area (Å²) in [6.07, 6.45) is 3.83. The number of nitrogens with one attached hydrogen (secondary N) is 1. The highest BCUT2D eigenvalue weighted by Crippen LogP contribution is 2.24. The van der Waals surface area contributed by atoms with Gasteiger partial charge in [-0.3, -0.25) is 14.6 Å². The molecule has 2 atom stereocenters. The topological polar surface area (TPSA) is 99.7 Å². The Morgan fingerprint density at radius 2 is 1.88 bits per heavy atom. The number of carbonyl (C=O) groups excluding carboxylic acids is 2. The van der Waals surface area contributed by atoms with Crippen molar-refractivity contribution >= 4 is 27.5 Å². The van der Waals surface area contributed by atoms with Crippen LogP contribution < -0.4 is 5.32 Å².